The highest BCUT2D eigenvalue weighted by Gasteiger charge is 2.22. The van der Waals surface area contributed by atoms with Crippen LogP contribution in [0.15, 0.2) is 48.5 Å². The van der Waals surface area contributed by atoms with Gasteiger partial charge in [0.1, 0.15) is 1.55 Å². The number of alkyl halides is 2. The monoisotopic (exact) mass is 810 g/mol. The van der Waals surface area contributed by atoms with Crippen molar-refractivity contribution in [2.24, 2.45) is 0 Å². The average Bonchev–Trinajstić information content (AvgIpc) is 2.84. The Hall–Kier alpha value is -1.18. The molecule has 10 heteroatoms. The molecule has 0 spiro atoms. The van der Waals surface area contributed by atoms with Gasteiger partial charge < -0.3 is 21.6 Å². The molecule has 0 amide bonds. The quantitative estimate of drug-likeness (QED) is 0.0607. The summed E-state index contributed by atoms with van der Waals surface area (Å²) < 4.78 is -0.0393. The average molecular weight is 811 g/mol. The second-order valence-electron chi connectivity index (χ2n) is 9.93. The van der Waals surface area contributed by atoms with Crippen molar-refractivity contribution in [3.8, 4) is 0 Å². The van der Waals surface area contributed by atoms with Gasteiger partial charge in [-0.25, -0.2) is 0 Å². The van der Waals surface area contributed by atoms with Crippen molar-refractivity contribution < 1.29 is 11.0 Å². The minimum absolute atomic E-state index is 0. The number of hydrogen-bond acceptors (Lipinski definition) is 4. The molecule has 0 aliphatic heterocycles. The lowest BCUT2D eigenvalue weighted by Gasteiger charge is -2.25. The summed E-state index contributed by atoms with van der Waals surface area (Å²) in [7, 11) is 0. The van der Waals surface area contributed by atoms with Crippen LogP contribution >= 0.6 is 68.4 Å². The molecular weight excluding hydrogens is 773 g/mol. The molecule has 0 radical (unpaired) electrons. The molecule has 0 aliphatic rings. The van der Waals surface area contributed by atoms with Crippen LogP contribution in [0.3, 0.4) is 0 Å². The number of aromatic nitrogens is 2. The molecular formula is C30H38Cl2I2N4O2. The molecule has 4 rings (SSSR count). The third-order valence-electron chi connectivity index (χ3n) is 6.60. The van der Waals surface area contributed by atoms with Gasteiger partial charge >= 0.3 is 0 Å². The van der Waals surface area contributed by atoms with Gasteiger partial charge in [0.15, 0.2) is 0 Å². The second kappa shape index (κ2) is 16.5. The highest BCUT2D eigenvalue weighted by molar-refractivity contribution is 14.2. The van der Waals surface area contributed by atoms with Gasteiger partial charge in [0.25, 0.3) is 0 Å². The van der Waals surface area contributed by atoms with Crippen molar-refractivity contribution in [2.75, 3.05) is 17.2 Å². The Bertz CT molecular complexity index is 1400. The van der Waals surface area contributed by atoms with Crippen molar-refractivity contribution in [3.63, 3.8) is 0 Å². The number of hydrogen-bond donors (Lipinski definition) is 2. The van der Waals surface area contributed by atoms with E-state index in [0.717, 1.165) is 67.6 Å². The van der Waals surface area contributed by atoms with Crippen molar-refractivity contribution in [1.29, 1.82) is 0 Å². The molecule has 0 bridgehead atoms. The topological polar surface area (TPSA) is 113 Å². The summed E-state index contributed by atoms with van der Waals surface area (Å²) in [5.41, 5.74) is 6.17. The first-order chi connectivity index (χ1) is 18.2. The third kappa shape index (κ3) is 10.3. The summed E-state index contributed by atoms with van der Waals surface area (Å²) in [5, 5.41) is 11.1. The van der Waals surface area contributed by atoms with Crippen LogP contribution in [-0.2, 0) is 0 Å². The number of rotatable bonds is 13. The molecule has 218 valence electrons. The Morgan fingerprint density at radius 1 is 0.675 bits per heavy atom. The minimum atomic E-state index is -0.0393. The van der Waals surface area contributed by atoms with Crippen molar-refractivity contribution >= 4 is 102 Å². The molecule has 0 unspecified atom stereocenters. The SMILES string of the molecule is Cc1cc(NCCCCCCCCCC(I)(I)Nc2cc(C)nc3cc(Cl)ccc23)c2ccc(Cl)cc2n1.O.O. The van der Waals surface area contributed by atoms with E-state index in [9.17, 15) is 0 Å². The van der Waals surface area contributed by atoms with Crippen LogP contribution in [0.5, 0.6) is 0 Å². The maximum absolute atomic E-state index is 6.18. The predicted octanol–water partition coefficient (Wildman–Crippen LogP) is 9.23. The van der Waals surface area contributed by atoms with E-state index in [1.54, 1.807) is 0 Å². The first-order valence-corrected chi connectivity index (χ1v) is 16.2. The Morgan fingerprint density at radius 2 is 1.15 bits per heavy atom. The summed E-state index contributed by atoms with van der Waals surface area (Å²) in [6.07, 6.45) is 9.90. The molecule has 6 N–H and O–H groups in total. The maximum atomic E-state index is 6.18. The zero-order chi connectivity index (χ0) is 27.1. The summed E-state index contributed by atoms with van der Waals surface area (Å²) >= 11 is 17.4. The van der Waals surface area contributed by atoms with Crippen LogP contribution in [0.2, 0.25) is 10.0 Å². The number of anilines is 2. The molecule has 2 heterocycles. The third-order valence-corrected chi connectivity index (χ3v) is 8.69. The highest BCUT2D eigenvalue weighted by Crippen LogP contribution is 2.37. The van der Waals surface area contributed by atoms with E-state index in [0.29, 0.717) is 0 Å². The number of benzene rings is 2. The first kappa shape index (κ1) is 35.0. The van der Waals surface area contributed by atoms with Gasteiger partial charge in [0.05, 0.1) is 11.0 Å². The van der Waals surface area contributed by atoms with E-state index in [4.69, 9.17) is 23.2 Å². The Kier molecular flexibility index (Phi) is 14.4. The van der Waals surface area contributed by atoms with Gasteiger partial charge in [-0.2, -0.15) is 0 Å². The molecule has 6 nitrogen and oxygen atoms in total. The van der Waals surface area contributed by atoms with Crippen LogP contribution in [0.1, 0.15) is 62.8 Å². The van der Waals surface area contributed by atoms with Crippen LogP contribution in [-0.4, -0.2) is 29.0 Å². The van der Waals surface area contributed by atoms with Crippen LogP contribution < -0.4 is 10.6 Å². The normalized spacial score (nSPS) is 11.2. The minimum Gasteiger partial charge on any atom is -0.412 e. The number of nitrogens with one attached hydrogen (secondary N) is 2. The van der Waals surface area contributed by atoms with Crippen molar-refractivity contribution in [3.05, 3.63) is 70.0 Å². The van der Waals surface area contributed by atoms with E-state index < -0.39 is 0 Å². The molecule has 0 aliphatic carbocycles. The van der Waals surface area contributed by atoms with E-state index in [1.807, 2.05) is 38.1 Å². The largest absolute Gasteiger partial charge is 0.412 e. The number of aryl methyl sites for hydroxylation is 2. The number of pyridine rings is 2. The van der Waals surface area contributed by atoms with E-state index >= 15 is 0 Å². The summed E-state index contributed by atoms with van der Waals surface area (Å²) in [4.78, 5) is 9.25. The Balaban J connectivity index is 0.00000280. The lowest BCUT2D eigenvalue weighted by Crippen LogP contribution is -2.23. The number of fused-ring (bicyclic) bond motifs is 2. The van der Waals surface area contributed by atoms with Crippen LogP contribution in [0.4, 0.5) is 11.4 Å². The summed E-state index contributed by atoms with van der Waals surface area (Å²) in [5.74, 6) is 0. The fourth-order valence-corrected chi connectivity index (χ4v) is 6.43. The van der Waals surface area contributed by atoms with E-state index in [1.165, 1.54) is 44.9 Å². The zero-order valence-corrected chi connectivity index (χ0v) is 28.7. The summed E-state index contributed by atoms with van der Waals surface area (Å²) in [6.45, 7) is 5.04. The molecule has 0 atom stereocenters. The van der Waals surface area contributed by atoms with Gasteiger partial charge in [0, 0.05) is 50.1 Å². The molecule has 2 aromatic heterocycles. The van der Waals surface area contributed by atoms with Crippen LogP contribution in [0, 0.1) is 13.8 Å². The van der Waals surface area contributed by atoms with E-state index in [-0.39, 0.29) is 12.5 Å². The second-order valence-corrected chi connectivity index (χ2v) is 16.5. The molecule has 2 aromatic carbocycles. The standard InChI is InChI=1S/C30H34Cl2I2N4.2H2O/c1-20-16-26(24-12-10-22(31)18-27(24)36-20)35-15-9-7-5-3-4-6-8-14-30(33,34)38-29-17-21(2)37-28-19-23(32)11-13-25(28)29;;/h10-13,16-19H,3-9,14-15H2,1-2H3,(H,35,36)(H,37,38);2*1H2. The predicted molar refractivity (Wildman–Crippen MR) is 190 cm³/mol. The zero-order valence-electron chi connectivity index (χ0n) is 22.9. The lowest BCUT2D eigenvalue weighted by molar-refractivity contribution is 0.573. The first-order valence-electron chi connectivity index (χ1n) is 13.2. The maximum Gasteiger partial charge on any atom is 0.141 e. The smallest absolute Gasteiger partial charge is 0.141 e. The van der Waals surface area contributed by atoms with Crippen LogP contribution in [0.25, 0.3) is 21.8 Å². The lowest BCUT2D eigenvalue weighted by atomic mass is 10.1. The molecule has 40 heavy (non-hydrogen) atoms. The fraction of sp³-hybridized carbons (Fsp3) is 0.400. The molecule has 0 saturated carbocycles. The fourth-order valence-electron chi connectivity index (χ4n) is 4.76. The number of halogens is 4. The van der Waals surface area contributed by atoms with Gasteiger partial charge in [-0.1, -0.05) is 55.3 Å². The van der Waals surface area contributed by atoms with E-state index in [2.05, 4.69) is 90.0 Å². The van der Waals surface area contributed by atoms with Gasteiger partial charge in [-0.15, -0.1) is 0 Å². The van der Waals surface area contributed by atoms with Gasteiger partial charge in [-0.05, 0) is 127 Å². The summed E-state index contributed by atoms with van der Waals surface area (Å²) in [6, 6.07) is 16.1. The Morgan fingerprint density at radius 3 is 1.73 bits per heavy atom. The molecule has 0 saturated heterocycles. The van der Waals surface area contributed by atoms with Gasteiger partial charge in [0.2, 0.25) is 0 Å². The van der Waals surface area contributed by atoms with Gasteiger partial charge in [-0.3, -0.25) is 9.97 Å². The van der Waals surface area contributed by atoms with Crippen molar-refractivity contribution in [2.45, 2.75) is 66.8 Å². The Labute approximate surface area is 274 Å². The number of unbranched alkanes of at least 4 members (excludes halogenated alkanes) is 6. The number of nitrogens with zero attached hydrogens (tertiary/aromatic N) is 2. The molecule has 0 fully saturated rings. The molecule has 4 aromatic rings. The van der Waals surface area contributed by atoms with Crippen molar-refractivity contribution in [1.82, 2.24) is 9.97 Å². The highest BCUT2D eigenvalue weighted by atomic mass is 127.